The SMILES string of the molecule is CC(C)(C)NCC1(Cc2cc(F)cc(F)c2)CCCCC1. The largest absolute Gasteiger partial charge is 0.312 e. The van der Waals surface area contributed by atoms with Crippen molar-refractivity contribution in [3.8, 4) is 0 Å². The summed E-state index contributed by atoms with van der Waals surface area (Å²) in [7, 11) is 0. The number of benzene rings is 1. The predicted octanol–water partition coefficient (Wildman–Crippen LogP) is 4.85. The van der Waals surface area contributed by atoms with Crippen LogP contribution in [0.3, 0.4) is 0 Å². The van der Waals surface area contributed by atoms with Gasteiger partial charge in [0.1, 0.15) is 11.6 Å². The molecule has 0 atom stereocenters. The van der Waals surface area contributed by atoms with Crippen molar-refractivity contribution in [2.24, 2.45) is 5.41 Å². The molecule has 0 unspecified atom stereocenters. The van der Waals surface area contributed by atoms with Crippen molar-refractivity contribution in [1.29, 1.82) is 0 Å². The second kappa shape index (κ2) is 6.43. The monoisotopic (exact) mass is 295 g/mol. The van der Waals surface area contributed by atoms with Crippen LogP contribution in [0.2, 0.25) is 0 Å². The normalized spacial score (nSPS) is 18.7. The molecule has 1 fully saturated rings. The lowest BCUT2D eigenvalue weighted by atomic mass is 9.70. The van der Waals surface area contributed by atoms with Gasteiger partial charge in [0, 0.05) is 18.2 Å². The molecule has 1 aliphatic rings. The molecule has 2 rings (SSSR count). The third kappa shape index (κ3) is 5.06. The standard InChI is InChI=1S/C18H27F2N/c1-17(2,3)21-13-18(7-5-4-6-8-18)12-14-9-15(19)11-16(20)10-14/h9-11,21H,4-8,12-13H2,1-3H3. The molecule has 1 nitrogen and oxygen atoms in total. The summed E-state index contributed by atoms with van der Waals surface area (Å²) in [4.78, 5) is 0. The second-order valence-electron chi connectivity index (χ2n) is 7.62. The number of hydrogen-bond acceptors (Lipinski definition) is 1. The number of halogens is 2. The lowest BCUT2D eigenvalue weighted by molar-refractivity contribution is 0.165. The van der Waals surface area contributed by atoms with Crippen LogP contribution in [0.25, 0.3) is 0 Å². The minimum Gasteiger partial charge on any atom is -0.312 e. The maximum Gasteiger partial charge on any atom is 0.126 e. The van der Waals surface area contributed by atoms with Crippen LogP contribution in [0.1, 0.15) is 58.4 Å². The van der Waals surface area contributed by atoms with Crippen LogP contribution in [0, 0.1) is 17.0 Å². The van der Waals surface area contributed by atoms with Gasteiger partial charge in [0.15, 0.2) is 0 Å². The van der Waals surface area contributed by atoms with E-state index >= 15 is 0 Å². The summed E-state index contributed by atoms with van der Waals surface area (Å²) >= 11 is 0. The van der Waals surface area contributed by atoms with Gasteiger partial charge in [0.2, 0.25) is 0 Å². The van der Waals surface area contributed by atoms with E-state index in [0.29, 0.717) is 0 Å². The van der Waals surface area contributed by atoms with E-state index < -0.39 is 11.6 Å². The molecule has 0 spiro atoms. The van der Waals surface area contributed by atoms with Crippen molar-refractivity contribution in [1.82, 2.24) is 5.32 Å². The van der Waals surface area contributed by atoms with Gasteiger partial charge in [-0.25, -0.2) is 8.78 Å². The molecule has 0 aromatic heterocycles. The minimum atomic E-state index is -0.472. The molecule has 21 heavy (non-hydrogen) atoms. The van der Waals surface area contributed by atoms with Crippen LogP contribution in [-0.4, -0.2) is 12.1 Å². The van der Waals surface area contributed by atoms with Gasteiger partial charge in [-0.1, -0.05) is 19.3 Å². The van der Waals surface area contributed by atoms with E-state index in [1.165, 1.54) is 31.4 Å². The highest BCUT2D eigenvalue weighted by molar-refractivity contribution is 5.20. The van der Waals surface area contributed by atoms with Crippen LogP contribution >= 0.6 is 0 Å². The van der Waals surface area contributed by atoms with E-state index in [1.807, 2.05) is 0 Å². The van der Waals surface area contributed by atoms with E-state index in [0.717, 1.165) is 37.4 Å². The Balaban J connectivity index is 2.15. The molecule has 118 valence electrons. The zero-order chi connectivity index (χ0) is 15.5. The van der Waals surface area contributed by atoms with E-state index in [2.05, 4.69) is 26.1 Å². The van der Waals surface area contributed by atoms with Gasteiger partial charge in [-0.2, -0.15) is 0 Å². The second-order valence-corrected chi connectivity index (χ2v) is 7.62. The van der Waals surface area contributed by atoms with Gasteiger partial charge in [-0.05, 0) is 63.1 Å². The lowest BCUT2D eigenvalue weighted by Crippen LogP contribution is -2.45. The molecule has 0 bridgehead atoms. The Bertz CT molecular complexity index is 450. The van der Waals surface area contributed by atoms with Crippen molar-refractivity contribution in [3.63, 3.8) is 0 Å². The molecular formula is C18H27F2N. The van der Waals surface area contributed by atoms with Crippen molar-refractivity contribution in [3.05, 3.63) is 35.4 Å². The van der Waals surface area contributed by atoms with Crippen LogP contribution in [0.5, 0.6) is 0 Å². The molecule has 1 aromatic carbocycles. The van der Waals surface area contributed by atoms with Gasteiger partial charge in [0.25, 0.3) is 0 Å². The molecule has 1 aromatic rings. The Morgan fingerprint density at radius 1 is 1.00 bits per heavy atom. The summed E-state index contributed by atoms with van der Waals surface area (Å²) in [6.07, 6.45) is 6.72. The van der Waals surface area contributed by atoms with Crippen molar-refractivity contribution in [2.45, 2.75) is 64.8 Å². The third-order valence-electron chi connectivity index (χ3n) is 4.41. The first-order valence-corrected chi connectivity index (χ1v) is 7.98. The molecule has 0 saturated heterocycles. The molecule has 0 amide bonds. The van der Waals surface area contributed by atoms with E-state index in [9.17, 15) is 8.78 Å². The van der Waals surface area contributed by atoms with Gasteiger partial charge in [-0.15, -0.1) is 0 Å². The molecule has 1 saturated carbocycles. The first-order chi connectivity index (χ1) is 9.78. The van der Waals surface area contributed by atoms with Crippen LogP contribution in [-0.2, 0) is 6.42 Å². The van der Waals surface area contributed by atoms with Crippen molar-refractivity contribution in [2.75, 3.05) is 6.54 Å². The third-order valence-corrected chi connectivity index (χ3v) is 4.41. The average Bonchev–Trinajstić information content (AvgIpc) is 2.35. The first-order valence-electron chi connectivity index (χ1n) is 7.98. The summed E-state index contributed by atoms with van der Waals surface area (Å²) < 4.78 is 26.9. The van der Waals surface area contributed by atoms with Gasteiger partial charge < -0.3 is 5.32 Å². The van der Waals surface area contributed by atoms with Gasteiger partial charge in [-0.3, -0.25) is 0 Å². The highest BCUT2D eigenvalue weighted by Crippen LogP contribution is 2.39. The molecule has 3 heteroatoms. The van der Waals surface area contributed by atoms with E-state index in [-0.39, 0.29) is 11.0 Å². The quantitative estimate of drug-likeness (QED) is 0.837. The lowest BCUT2D eigenvalue weighted by Gasteiger charge is -2.40. The molecule has 0 aliphatic heterocycles. The molecule has 0 radical (unpaired) electrons. The number of rotatable bonds is 4. The van der Waals surface area contributed by atoms with Crippen molar-refractivity contribution < 1.29 is 8.78 Å². The summed E-state index contributed by atoms with van der Waals surface area (Å²) in [5.41, 5.74) is 0.980. The minimum absolute atomic E-state index is 0.0671. The summed E-state index contributed by atoms with van der Waals surface area (Å²) in [6.45, 7) is 7.39. The fraction of sp³-hybridized carbons (Fsp3) is 0.667. The predicted molar refractivity (Wildman–Crippen MR) is 83.3 cm³/mol. The maximum atomic E-state index is 13.4. The maximum absolute atomic E-state index is 13.4. The van der Waals surface area contributed by atoms with Gasteiger partial charge >= 0.3 is 0 Å². The zero-order valence-corrected chi connectivity index (χ0v) is 13.4. The van der Waals surface area contributed by atoms with Crippen LogP contribution < -0.4 is 5.32 Å². The Morgan fingerprint density at radius 2 is 1.57 bits per heavy atom. The topological polar surface area (TPSA) is 12.0 Å². The Kier molecular flexibility index (Phi) is 5.03. The van der Waals surface area contributed by atoms with Gasteiger partial charge in [0.05, 0.1) is 0 Å². The highest BCUT2D eigenvalue weighted by atomic mass is 19.1. The van der Waals surface area contributed by atoms with E-state index in [4.69, 9.17) is 0 Å². The number of nitrogens with one attached hydrogen (secondary N) is 1. The van der Waals surface area contributed by atoms with Crippen LogP contribution in [0.15, 0.2) is 18.2 Å². The molecular weight excluding hydrogens is 268 g/mol. The molecule has 0 heterocycles. The summed E-state index contributed by atoms with van der Waals surface area (Å²) in [5, 5.41) is 3.59. The summed E-state index contributed by atoms with van der Waals surface area (Å²) in [6, 6.07) is 3.91. The van der Waals surface area contributed by atoms with E-state index in [1.54, 1.807) is 0 Å². The fourth-order valence-corrected chi connectivity index (χ4v) is 3.32. The average molecular weight is 295 g/mol. The Morgan fingerprint density at radius 3 is 2.10 bits per heavy atom. The summed E-state index contributed by atoms with van der Waals surface area (Å²) in [5.74, 6) is -0.945. The Hall–Kier alpha value is -0.960. The van der Waals surface area contributed by atoms with Crippen LogP contribution in [0.4, 0.5) is 8.78 Å². The first kappa shape index (κ1) is 16.4. The highest BCUT2D eigenvalue weighted by Gasteiger charge is 2.33. The molecule has 1 N–H and O–H groups in total. The Labute approximate surface area is 127 Å². The zero-order valence-electron chi connectivity index (χ0n) is 13.4. The smallest absolute Gasteiger partial charge is 0.126 e. The molecule has 1 aliphatic carbocycles. The fourth-order valence-electron chi connectivity index (χ4n) is 3.32. The van der Waals surface area contributed by atoms with Crippen molar-refractivity contribution >= 4 is 0 Å². The number of hydrogen-bond donors (Lipinski definition) is 1.